The fourth-order valence-electron chi connectivity index (χ4n) is 3.44. The Morgan fingerprint density at radius 3 is 2.26 bits per heavy atom. The third-order valence-corrected chi connectivity index (χ3v) is 5.09. The molecule has 2 unspecified atom stereocenters. The first-order chi connectivity index (χ1) is 9.19. The van der Waals surface area contributed by atoms with Gasteiger partial charge in [-0.05, 0) is 45.7 Å². The number of hydrogen-bond donors (Lipinski definition) is 2. The summed E-state index contributed by atoms with van der Waals surface area (Å²) in [5.74, 6) is 5.87. The van der Waals surface area contributed by atoms with Crippen molar-refractivity contribution in [1.82, 2.24) is 10.3 Å². The first-order valence-corrected chi connectivity index (χ1v) is 8.40. The molecule has 2 atom stereocenters. The maximum absolute atomic E-state index is 5.87. The topological polar surface area (TPSA) is 41.3 Å². The fourth-order valence-corrected chi connectivity index (χ4v) is 3.44. The van der Waals surface area contributed by atoms with Crippen molar-refractivity contribution in [3.05, 3.63) is 0 Å². The highest BCUT2D eigenvalue weighted by molar-refractivity contribution is 4.96. The molecule has 1 fully saturated rings. The third-order valence-electron chi connectivity index (χ3n) is 5.09. The van der Waals surface area contributed by atoms with Crippen LogP contribution in [0.2, 0.25) is 0 Å². The molecule has 0 spiro atoms. The van der Waals surface area contributed by atoms with Gasteiger partial charge in [0.15, 0.2) is 0 Å². The van der Waals surface area contributed by atoms with E-state index in [9.17, 15) is 0 Å². The Bertz CT molecular complexity index is 226. The van der Waals surface area contributed by atoms with E-state index in [1.165, 1.54) is 70.9 Å². The molecule has 0 aliphatic carbocycles. The molecule has 1 heterocycles. The lowest BCUT2D eigenvalue weighted by molar-refractivity contribution is 0.0791. The van der Waals surface area contributed by atoms with Crippen molar-refractivity contribution in [2.75, 3.05) is 13.1 Å². The summed E-state index contributed by atoms with van der Waals surface area (Å²) in [7, 11) is 0. The van der Waals surface area contributed by atoms with E-state index >= 15 is 0 Å². The van der Waals surface area contributed by atoms with Gasteiger partial charge in [0.2, 0.25) is 0 Å². The minimum absolute atomic E-state index is 0.232. The molecule has 1 saturated heterocycles. The molecule has 0 aromatic carbocycles. The summed E-state index contributed by atoms with van der Waals surface area (Å²) < 4.78 is 0. The summed E-state index contributed by atoms with van der Waals surface area (Å²) in [6.07, 6.45) is 11.8. The zero-order chi connectivity index (χ0) is 14.1. The van der Waals surface area contributed by atoms with Crippen LogP contribution in [0, 0.1) is 0 Å². The Balaban J connectivity index is 2.44. The summed E-state index contributed by atoms with van der Waals surface area (Å²) in [6, 6.07) is 0.428. The molecule has 1 rings (SSSR count). The molecule has 0 aromatic heterocycles. The van der Waals surface area contributed by atoms with Gasteiger partial charge in [0, 0.05) is 11.6 Å². The lowest BCUT2D eigenvalue weighted by atomic mass is 9.84. The highest BCUT2D eigenvalue weighted by Crippen LogP contribution is 2.30. The number of nitrogens with two attached hydrogens (primary N) is 1. The summed E-state index contributed by atoms with van der Waals surface area (Å²) in [6.45, 7) is 9.47. The number of hydrogen-bond acceptors (Lipinski definition) is 3. The van der Waals surface area contributed by atoms with E-state index in [-0.39, 0.29) is 5.54 Å². The highest BCUT2D eigenvalue weighted by Gasteiger charge is 2.38. The van der Waals surface area contributed by atoms with E-state index in [2.05, 4.69) is 31.1 Å². The van der Waals surface area contributed by atoms with Gasteiger partial charge in [0.1, 0.15) is 0 Å². The number of nitrogens with one attached hydrogen (secondary N) is 1. The van der Waals surface area contributed by atoms with Crippen LogP contribution in [0.4, 0.5) is 0 Å². The van der Waals surface area contributed by atoms with Crippen LogP contribution in [0.3, 0.4) is 0 Å². The van der Waals surface area contributed by atoms with E-state index in [4.69, 9.17) is 5.84 Å². The monoisotopic (exact) mass is 269 g/mol. The van der Waals surface area contributed by atoms with Crippen molar-refractivity contribution in [2.45, 2.75) is 90.1 Å². The second kappa shape index (κ2) is 8.93. The Hall–Kier alpha value is -0.120. The lowest BCUT2D eigenvalue weighted by Gasteiger charge is -2.44. The summed E-state index contributed by atoms with van der Waals surface area (Å²) in [5.41, 5.74) is 3.35. The van der Waals surface area contributed by atoms with Gasteiger partial charge in [-0.3, -0.25) is 16.2 Å². The second-order valence-electron chi connectivity index (χ2n) is 6.33. The van der Waals surface area contributed by atoms with Crippen molar-refractivity contribution in [2.24, 2.45) is 5.84 Å². The maximum Gasteiger partial charge on any atom is 0.0392 e. The van der Waals surface area contributed by atoms with Gasteiger partial charge in [0.25, 0.3) is 0 Å². The standard InChI is InChI=1S/C16H35N3/c1-4-6-7-8-9-12-15(18-17)16(3,5-2)19-13-10-11-14-19/h15,18H,4-14,17H2,1-3H3. The van der Waals surface area contributed by atoms with Crippen LogP contribution >= 0.6 is 0 Å². The summed E-state index contributed by atoms with van der Waals surface area (Å²) in [4.78, 5) is 2.66. The predicted molar refractivity (Wildman–Crippen MR) is 84.0 cm³/mol. The van der Waals surface area contributed by atoms with Gasteiger partial charge in [-0.2, -0.15) is 0 Å². The minimum atomic E-state index is 0.232. The smallest absolute Gasteiger partial charge is 0.0392 e. The van der Waals surface area contributed by atoms with Crippen LogP contribution < -0.4 is 11.3 Å². The van der Waals surface area contributed by atoms with Gasteiger partial charge in [-0.15, -0.1) is 0 Å². The molecule has 0 amide bonds. The number of hydrazine groups is 1. The average Bonchev–Trinajstić information content (AvgIpc) is 2.96. The SMILES string of the molecule is CCCCCCCC(NN)C(C)(CC)N1CCCC1. The van der Waals surface area contributed by atoms with E-state index in [1.807, 2.05) is 0 Å². The quantitative estimate of drug-likeness (QED) is 0.363. The Morgan fingerprint density at radius 2 is 1.74 bits per heavy atom. The van der Waals surface area contributed by atoms with E-state index < -0.39 is 0 Å². The fraction of sp³-hybridized carbons (Fsp3) is 1.00. The Labute approximate surface area is 120 Å². The van der Waals surface area contributed by atoms with E-state index in [0.29, 0.717) is 6.04 Å². The normalized spacial score (nSPS) is 21.5. The van der Waals surface area contributed by atoms with Gasteiger partial charge in [-0.25, -0.2) is 0 Å². The zero-order valence-electron chi connectivity index (χ0n) is 13.4. The molecule has 3 nitrogen and oxygen atoms in total. The van der Waals surface area contributed by atoms with Crippen LogP contribution in [0.5, 0.6) is 0 Å². The highest BCUT2D eigenvalue weighted by atomic mass is 15.3. The molecule has 0 aromatic rings. The molecule has 1 aliphatic heterocycles. The van der Waals surface area contributed by atoms with E-state index in [1.54, 1.807) is 0 Å². The third kappa shape index (κ3) is 4.73. The van der Waals surface area contributed by atoms with Gasteiger partial charge in [0.05, 0.1) is 0 Å². The number of rotatable bonds is 10. The molecular weight excluding hydrogens is 234 g/mol. The largest absolute Gasteiger partial charge is 0.296 e. The molecule has 3 N–H and O–H groups in total. The van der Waals surface area contributed by atoms with Gasteiger partial charge >= 0.3 is 0 Å². The number of likely N-dealkylation sites (tertiary alicyclic amines) is 1. The molecule has 114 valence electrons. The predicted octanol–water partition coefficient (Wildman–Crippen LogP) is 3.44. The van der Waals surface area contributed by atoms with Gasteiger partial charge in [-0.1, -0.05) is 46.0 Å². The average molecular weight is 269 g/mol. The molecule has 0 radical (unpaired) electrons. The molecule has 1 aliphatic rings. The van der Waals surface area contributed by atoms with Crippen LogP contribution in [0.25, 0.3) is 0 Å². The van der Waals surface area contributed by atoms with Crippen LogP contribution in [-0.2, 0) is 0 Å². The van der Waals surface area contributed by atoms with Crippen LogP contribution in [0.15, 0.2) is 0 Å². The Kier molecular flexibility index (Phi) is 7.96. The lowest BCUT2D eigenvalue weighted by Crippen LogP contribution is -2.60. The molecular formula is C16H35N3. The van der Waals surface area contributed by atoms with Crippen molar-refractivity contribution >= 4 is 0 Å². The maximum atomic E-state index is 5.87. The molecule has 0 bridgehead atoms. The molecule has 19 heavy (non-hydrogen) atoms. The Morgan fingerprint density at radius 1 is 1.11 bits per heavy atom. The van der Waals surface area contributed by atoms with Gasteiger partial charge < -0.3 is 0 Å². The first kappa shape index (κ1) is 16.9. The summed E-state index contributed by atoms with van der Waals surface area (Å²) >= 11 is 0. The van der Waals surface area contributed by atoms with Crippen molar-refractivity contribution in [3.63, 3.8) is 0 Å². The van der Waals surface area contributed by atoms with Crippen molar-refractivity contribution in [3.8, 4) is 0 Å². The summed E-state index contributed by atoms with van der Waals surface area (Å²) in [5, 5.41) is 0. The number of nitrogens with zero attached hydrogens (tertiary/aromatic N) is 1. The first-order valence-electron chi connectivity index (χ1n) is 8.40. The van der Waals surface area contributed by atoms with E-state index in [0.717, 1.165) is 0 Å². The zero-order valence-corrected chi connectivity index (χ0v) is 13.4. The van der Waals surface area contributed by atoms with Crippen LogP contribution in [0.1, 0.15) is 78.6 Å². The van der Waals surface area contributed by atoms with Crippen molar-refractivity contribution in [1.29, 1.82) is 0 Å². The molecule has 0 saturated carbocycles. The van der Waals surface area contributed by atoms with Crippen molar-refractivity contribution < 1.29 is 0 Å². The van der Waals surface area contributed by atoms with Crippen LogP contribution in [-0.4, -0.2) is 29.6 Å². The molecule has 3 heteroatoms. The minimum Gasteiger partial charge on any atom is -0.296 e. The second-order valence-corrected chi connectivity index (χ2v) is 6.33. The number of unbranched alkanes of at least 4 members (excludes halogenated alkanes) is 4.